The molecule has 0 aliphatic heterocycles. The molecular weight excluding hydrogens is 434 g/mol. The van der Waals surface area contributed by atoms with Crippen LogP contribution < -0.4 is 20.6 Å². The Hall–Kier alpha value is -4.79. The number of benzene rings is 2. The highest BCUT2D eigenvalue weighted by Gasteiger charge is 2.14. The van der Waals surface area contributed by atoms with Gasteiger partial charge in [-0.1, -0.05) is 18.2 Å². The Morgan fingerprint density at radius 3 is 2.71 bits per heavy atom. The van der Waals surface area contributed by atoms with Crippen molar-refractivity contribution in [1.82, 2.24) is 15.4 Å². The number of hydrogen-bond acceptors (Lipinski definition) is 7. The molecule has 0 atom stereocenters. The van der Waals surface area contributed by atoms with E-state index in [0.717, 1.165) is 5.56 Å². The number of aromatic nitrogens is 2. The van der Waals surface area contributed by atoms with Crippen molar-refractivity contribution >= 4 is 28.9 Å². The number of primary amides is 1. The van der Waals surface area contributed by atoms with Gasteiger partial charge in [0.15, 0.2) is 18.1 Å². The van der Waals surface area contributed by atoms with Gasteiger partial charge in [0.05, 0.1) is 30.1 Å². The summed E-state index contributed by atoms with van der Waals surface area (Å²) in [6.45, 7) is -0.290. The molecule has 4 aromatic rings. The molecule has 9 heteroatoms. The third-order valence-corrected chi connectivity index (χ3v) is 4.86. The van der Waals surface area contributed by atoms with Gasteiger partial charge in [-0.15, -0.1) is 0 Å². The van der Waals surface area contributed by atoms with Crippen LogP contribution in [0.1, 0.15) is 15.9 Å². The summed E-state index contributed by atoms with van der Waals surface area (Å²) < 4.78 is 10.6. The molecule has 0 saturated carbocycles. The maximum Gasteiger partial charge on any atom is 0.272 e. The number of pyridine rings is 2. The molecule has 2 aromatic heterocycles. The molecule has 2 amide bonds. The third-order valence-electron chi connectivity index (χ3n) is 4.86. The molecule has 0 aliphatic carbocycles. The Morgan fingerprint density at radius 1 is 1.09 bits per heavy atom. The Labute approximate surface area is 195 Å². The van der Waals surface area contributed by atoms with Crippen LogP contribution in [0.5, 0.6) is 11.5 Å². The number of hydrazone groups is 1. The predicted molar refractivity (Wildman–Crippen MR) is 128 cm³/mol. The quantitative estimate of drug-likeness (QED) is 0.310. The first-order chi connectivity index (χ1) is 16.5. The van der Waals surface area contributed by atoms with E-state index in [9.17, 15) is 9.59 Å². The number of nitrogens with two attached hydrogens (primary N) is 1. The standard InChI is InChI=1S/C25H21N5O4/c1-33-22-9-8-16(11-23(22)34-15-24(26)31)13-28-30-25(32)19-12-21(17-5-4-10-27-14-17)29-20-7-3-2-6-18(19)20/h2-14H,15H2,1H3,(H2,26,31)(H,30,32)/b28-13-. The van der Waals surface area contributed by atoms with Gasteiger partial charge in [0.1, 0.15) is 0 Å². The van der Waals surface area contributed by atoms with E-state index in [-0.39, 0.29) is 6.61 Å². The summed E-state index contributed by atoms with van der Waals surface area (Å²) in [5, 5.41) is 4.78. The molecule has 2 aromatic carbocycles. The van der Waals surface area contributed by atoms with Gasteiger partial charge < -0.3 is 15.2 Å². The Bertz CT molecular complexity index is 1370. The molecule has 0 unspecified atom stereocenters. The van der Waals surface area contributed by atoms with Crippen molar-refractivity contribution in [2.45, 2.75) is 0 Å². The Balaban J connectivity index is 1.58. The van der Waals surface area contributed by atoms with Crippen LogP contribution in [0.4, 0.5) is 0 Å². The molecule has 0 fully saturated rings. The highest BCUT2D eigenvalue weighted by atomic mass is 16.5. The first-order valence-electron chi connectivity index (χ1n) is 10.3. The SMILES string of the molecule is COc1ccc(/C=N\NC(=O)c2cc(-c3cccnc3)nc3ccccc23)cc1OCC(N)=O. The third kappa shape index (κ3) is 5.16. The minimum absolute atomic E-state index is 0.290. The van der Waals surface area contributed by atoms with E-state index in [1.807, 2.05) is 36.4 Å². The van der Waals surface area contributed by atoms with Gasteiger partial charge in [-0.05, 0) is 48.0 Å². The fourth-order valence-corrected chi connectivity index (χ4v) is 3.29. The number of ether oxygens (including phenoxy) is 2. The number of methoxy groups -OCH3 is 1. The van der Waals surface area contributed by atoms with Crippen molar-refractivity contribution in [2.75, 3.05) is 13.7 Å². The largest absolute Gasteiger partial charge is 0.493 e. The number of carbonyl (C=O) groups is 2. The number of fused-ring (bicyclic) bond motifs is 1. The van der Waals surface area contributed by atoms with Crippen LogP contribution >= 0.6 is 0 Å². The van der Waals surface area contributed by atoms with E-state index in [2.05, 4.69) is 20.5 Å². The average Bonchev–Trinajstić information content (AvgIpc) is 2.87. The van der Waals surface area contributed by atoms with Gasteiger partial charge in [-0.2, -0.15) is 5.10 Å². The van der Waals surface area contributed by atoms with Crippen molar-refractivity contribution < 1.29 is 19.1 Å². The lowest BCUT2D eigenvalue weighted by Crippen LogP contribution is -2.20. The van der Waals surface area contributed by atoms with E-state index >= 15 is 0 Å². The zero-order valence-electron chi connectivity index (χ0n) is 18.3. The minimum Gasteiger partial charge on any atom is -0.493 e. The van der Waals surface area contributed by atoms with E-state index < -0.39 is 11.8 Å². The van der Waals surface area contributed by atoms with E-state index in [0.29, 0.717) is 39.2 Å². The minimum atomic E-state index is -0.608. The van der Waals surface area contributed by atoms with E-state index in [4.69, 9.17) is 15.2 Å². The number of hydrogen-bond donors (Lipinski definition) is 2. The van der Waals surface area contributed by atoms with Gasteiger partial charge in [0.2, 0.25) is 0 Å². The second kappa shape index (κ2) is 10.2. The molecule has 34 heavy (non-hydrogen) atoms. The van der Waals surface area contributed by atoms with Crippen molar-refractivity contribution in [1.29, 1.82) is 0 Å². The van der Waals surface area contributed by atoms with Crippen LogP contribution in [0.25, 0.3) is 22.2 Å². The zero-order chi connectivity index (χ0) is 23.9. The topological polar surface area (TPSA) is 129 Å². The summed E-state index contributed by atoms with van der Waals surface area (Å²) in [4.78, 5) is 32.8. The maximum absolute atomic E-state index is 13.0. The maximum atomic E-state index is 13.0. The van der Waals surface area contributed by atoms with Crippen LogP contribution in [-0.4, -0.2) is 41.7 Å². The van der Waals surface area contributed by atoms with Crippen LogP contribution in [0.2, 0.25) is 0 Å². The lowest BCUT2D eigenvalue weighted by Gasteiger charge is -2.10. The average molecular weight is 455 g/mol. The smallest absolute Gasteiger partial charge is 0.272 e. The van der Waals surface area contributed by atoms with Crippen LogP contribution in [0, 0.1) is 0 Å². The van der Waals surface area contributed by atoms with Gasteiger partial charge in [0, 0.05) is 23.3 Å². The molecule has 4 rings (SSSR count). The van der Waals surface area contributed by atoms with Crippen LogP contribution in [0.15, 0.2) is 78.2 Å². The lowest BCUT2D eigenvalue weighted by molar-refractivity contribution is -0.119. The molecular formula is C25H21N5O4. The first kappa shape index (κ1) is 22.4. The highest BCUT2D eigenvalue weighted by molar-refractivity contribution is 6.07. The van der Waals surface area contributed by atoms with Gasteiger partial charge >= 0.3 is 0 Å². The van der Waals surface area contributed by atoms with E-state index in [1.165, 1.54) is 13.3 Å². The number of nitrogens with zero attached hydrogens (tertiary/aromatic N) is 3. The summed E-state index contributed by atoms with van der Waals surface area (Å²) in [6, 6.07) is 17.8. The molecule has 2 heterocycles. The second-order valence-electron chi connectivity index (χ2n) is 7.18. The van der Waals surface area contributed by atoms with Gasteiger partial charge in [0.25, 0.3) is 11.8 Å². The lowest BCUT2D eigenvalue weighted by atomic mass is 10.0. The first-order valence-corrected chi connectivity index (χ1v) is 10.3. The summed E-state index contributed by atoms with van der Waals surface area (Å²) in [6.07, 6.45) is 4.83. The summed E-state index contributed by atoms with van der Waals surface area (Å²) in [5.74, 6) is -0.228. The fraction of sp³-hybridized carbons (Fsp3) is 0.0800. The number of rotatable bonds is 8. The normalized spacial score (nSPS) is 10.9. The molecule has 0 radical (unpaired) electrons. The van der Waals surface area contributed by atoms with E-state index in [1.54, 1.807) is 36.7 Å². The molecule has 0 saturated heterocycles. The molecule has 9 nitrogen and oxygen atoms in total. The molecule has 170 valence electrons. The molecule has 0 spiro atoms. The molecule has 0 bridgehead atoms. The Kier molecular flexibility index (Phi) is 6.73. The number of amides is 2. The summed E-state index contributed by atoms with van der Waals surface area (Å²) in [5.41, 5.74) is 10.9. The van der Waals surface area contributed by atoms with Gasteiger partial charge in [-0.3, -0.25) is 14.6 Å². The number of nitrogens with one attached hydrogen (secondary N) is 1. The predicted octanol–water partition coefficient (Wildman–Crippen LogP) is 2.93. The Morgan fingerprint density at radius 2 is 1.94 bits per heavy atom. The zero-order valence-corrected chi connectivity index (χ0v) is 18.3. The molecule has 0 aliphatic rings. The van der Waals surface area contributed by atoms with Crippen molar-refractivity contribution in [3.05, 3.63) is 84.2 Å². The molecule has 3 N–H and O–H groups in total. The monoisotopic (exact) mass is 455 g/mol. The summed E-state index contributed by atoms with van der Waals surface area (Å²) >= 11 is 0. The van der Waals surface area contributed by atoms with Crippen LogP contribution in [0.3, 0.4) is 0 Å². The van der Waals surface area contributed by atoms with Crippen molar-refractivity contribution in [3.63, 3.8) is 0 Å². The fourth-order valence-electron chi connectivity index (χ4n) is 3.29. The summed E-state index contributed by atoms with van der Waals surface area (Å²) in [7, 11) is 1.49. The van der Waals surface area contributed by atoms with Crippen LogP contribution in [-0.2, 0) is 4.79 Å². The number of carbonyl (C=O) groups excluding carboxylic acids is 2. The van der Waals surface area contributed by atoms with Crippen molar-refractivity contribution in [2.24, 2.45) is 10.8 Å². The number of para-hydroxylation sites is 1. The van der Waals surface area contributed by atoms with Gasteiger partial charge in [-0.25, -0.2) is 10.4 Å². The van der Waals surface area contributed by atoms with Crippen molar-refractivity contribution in [3.8, 4) is 22.8 Å². The second-order valence-corrected chi connectivity index (χ2v) is 7.18. The highest BCUT2D eigenvalue weighted by Crippen LogP contribution is 2.27.